The molecule has 0 unspecified atom stereocenters. The van der Waals surface area contributed by atoms with Gasteiger partial charge in [-0.1, -0.05) is 5.92 Å². The molecule has 0 bridgehead atoms. The van der Waals surface area contributed by atoms with Crippen LogP contribution in [0.1, 0.15) is 11.5 Å². The quantitative estimate of drug-likeness (QED) is 0.544. The number of oxazole rings is 1. The van der Waals surface area contributed by atoms with E-state index in [0.717, 1.165) is 11.3 Å². The second-order valence-corrected chi connectivity index (χ2v) is 4.05. The minimum Gasteiger partial charge on any atom is -0.411 e. The molecule has 3 aromatic rings. The number of halogens is 1. The van der Waals surface area contributed by atoms with Crippen molar-refractivity contribution in [2.45, 2.75) is 0 Å². The first-order valence-corrected chi connectivity index (χ1v) is 5.97. The largest absolute Gasteiger partial charge is 0.411 e. The zero-order valence-corrected chi connectivity index (χ0v) is 10.6. The number of benzene rings is 1. The molecule has 5 heteroatoms. The third kappa shape index (κ3) is 2.45. The predicted molar refractivity (Wildman–Crippen MR) is 73.7 cm³/mol. The Morgan fingerprint density at radius 3 is 2.60 bits per heavy atom. The number of nitrogens with one attached hydrogen (secondary N) is 1. The topological polar surface area (TPSA) is 51.0 Å². The standard InChI is InChI=1S/C15H10FN3O/c1-17-11-5-2-10(3-6-11)4-9-14-18-12-7-8-13(16)19-15(12)20-14/h2-3,5-8,17H,1H3. The minimum absolute atomic E-state index is 0.153. The summed E-state index contributed by atoms with van der Waals surface area (Å²) in [5, 5.41) is 3.03. The van der Waals surface area contributed by atoms with Crippen molar-refractivity contribution in [3.8, 4) is 11.8 Å². The van der Waals surface area contributed by atoms with Crippen LogP contribution < -0.4 is 5.32 Å². The van der Waals surface area contributed by atoms with Gasteiger partial charge in [0.2, 0.25) is 5.95 Å². The first kappa shape index (κ1) is 12.2. The van der Waals surface area contributed by atoms with Crippen molar-refractivity contribution in [1.29, 1.82) is 0 Å². The van der Waals surface area contributed by atoms with Gasteiger partial charge >= 0.3 is 0 Å². The molecule has 0 spiro atoms. The van der Waals surface area contributed by atoms with E-state index in [2.05, 4.69) is 27.1 Å². The summed E-state index contributed by atoms with van der Waals surface area (Å²) in [6.07, 6.45) is 0. The van der Waals surface area contributed by atoms with Gasteiger partial charge < -0.3 is 9.73 Å². The van der Waals surface area contributed by atoms with Crippen molar-refractivity contribution in [3.63, 3.8) is 0 Å². The fourth-order valence-electron chi connectivity index (χ4n) is 1.69. The van der Waals surface area contributed by atoms with Gasteiger partial charge in [0.25, 0.3) is 11.6 Å². The van der Waals surface area contributed by atoms with E-state index >= 15 is 0 Å². The van der Waals surface area contributed by atoms with Crippen molar-refractivity contribution in [3.05, 3.63) is 53.8 Å². The predicted octanol–water partition coefficient (Wildman–Crippen LogP) is 2.80. The van der Waals surface area contributed by atoms with E-state index in [1.165, 1.54) is 12.1 Å². The molecular weight excluding hydrogens is 257 g/mol. The van der Waals surface area contributed by atoms with Crippen LogP contribution in [0.3, 0.4) is 0 Å². The highest BCUT2D eigenvalue weighted by Gasteiger charge is 2.05. The van der Waals surface area contributed by atoms with Gasteiger partial charge in [-0.2, -0.15) is 14.4 Å². The molecule has 0 fully saturated rings. The second-order valence-electron chi connectivity index (χ2n) is 4.05. The van der Waals surface area contributed by atoms with Gasteiger partial charge in [0.15, 0.2) is 0 Å². The van der Waals surface area contributed by atoms with Gasteiger partial charge in [0, 0.05) is 18.3 Å². The van der Waals surface area contributed by atoms with E-state index in [0.29, 0.717) is 5.52 Å². The van der Waals surface area contributed by atoms with E-state index in [1.54, 1.807) is 0 Å². The lowest BCUT2D eigenvalue weighted by Gasteiger charge is -1.97. The van der Waals surface area contributed by atoms with E-state index in [-0.39, 0.29) is 11.6 Å². The molecule has 1 aromatic carbocycles. The summed E-state index contributed by atoms with van der Waals surface area (Å²) in [5.41, 5.74) is 2.49. The Labute approximate surface area is 114 Å². The Morgan fingerprint density at radius 1 is 1.05 bits per heavy atom. The van der Waals surface area contributed by atoms with Crippen molar-refractivity contribution in [2.24, 2.45) is 0 Å². The summed E-state index contributed by atoms with van der Waals surface area (Å²) in [5.74, 6) is 5.35. The van der Waals surface area contributed by atoms with Gasteiger partial charge in [0.1, 0.15) is 5.52 Å². The van der Waals surface area contributed by atoms with Crippen LogP contribution in [0.4, 0.5) is 10.1 Å². The Balaban J connectivity index is 1.90. The van der Waals surface area contributed by atoms with E-state index in [9.17, 15) is 4.39 Å². The first-order valence-electron chi connectivity index (χ1n) is 5.97. The summed E-state index contributed by atoms with van der Waals surface area (Å²) >= 11 is 0. The maximum atomic E-state index is 12.9. The molecular formula is C15H10FN3O. The van der Waals surface area contributed by atoms with Crippen LogP contribution in [0.15, 0.2) is 40.8 Å². The molecule has 0 aliphatic heterocycles. The fourth-order valence-corrected chi connectivity index (χ4v) is 1.69. The minimum atomic E-state index is -0.601. The van der Waals surface area contributed by atoms with Crippen molar-refractivity contribution < 1.29 is 8.81 Å². The Bertz CT molecular complexity index is 812. The molecule has 1 N–H and O–H groups in total. The van der Waals surface area contributed by atoms with Gasteiger partial charge in [-0.15, -0.1) is 0 Å². The Kier molecular flexibility index (Phi) is 3.05. The van der Waals surface area contributed by atoms with Crippen LogP contribution in [0.25, 0.3) is 11.2 Å². The van der Waals surface area contributed by atoms with Gasteiger partial charge in [-0.3, -0.25) is 0 Å². The van der Waals surface area contributed by atoms with Crippen molar-refractivity contribution in [2.75, 3.05) is 12.4 Å². The van der Waals surface area contributed by atoms with Gasteiger partial charge in [-0.25, -0.2) is 0 Å². The van der Waals surface area contributed by atoms with Crippen molar-refractivity contribution in [1.82, 2.24) is 9.97 Å². The number of anilines is 1. The first-order chi connectivity index (χ1) is 9.74. The average Bonchev–Trinajstić information content (AvgIpc) is 2.87. The normalized spacial score (nSPS) is 10.1. The third-order valence-corrected chi connectivity index (χ3v) is 2.71. The van der Waals surface area contributed by atoms with Crippen LogP contribution in [0.2, 0.25) is 0 Å². The zero-order chi connectivity index (χ0) is 13.9. The van der Waals surface area contributed by atoms with Crippen LogP contribution >= 0.6 is 0 Å². The average molecular weight is 267 g/mol. The third-order valence-electron chi connectivity index (χ3n) is 2.71. The van der Waals surface area contributed by atoms with Crippen LogP contribution in [0.5, 0.6) is 0 Å². The fraction of sp³-hybridized carbons (Fsp3) is 0.0667. The summed E-state index contributed by atoms with van der Waals surface area (Å²) in [6, 6.07) is 10.4. The molecule has 0 saturated heterocycles. The monoisotopic (exact) mass is 267 g/mol. The number of pyridine rings is 1. The lowest BCUT2D eigenvalue weighted by molar-refractivity contribution is 0.544. The molecule has 2 heterocycles. The maximum absolute atomic E-state index is 12.9. The van der Waals surface area contributed by atoms with Crippen LogP contribution in [0, 0.1) is 17.8 Å². The number of fused-ring (bicyclic) bond motifs is 1. The van der Waals surface area contributed by atoms with Crippen molar-refractivity contribution >= 4 is 16.9 Å². The van der Waals surface area contributed by atoms with Gasteiger partial charge in [-0.05, 0) is 42.3 Å². The Hall–Kier alpha value is -2.87. The summed E-state index contributed by atoms with van der Waals surface area (Å²) in [4.78, 5) is 7.72. The molecule has 0 aliphatic rings. The molecule has 0 amide bonds. The number of hydrogen-bond donors (Lipinski definition) is 1. The second kappa shape index (κ2) is 5.02. The smallest absolute Gasteiger partial charge is 0.276 e. The van der Waals surface area contributed by atoms with E-state index in [1.807, 2.05) is 31.3 Å². The molecule has 2 aromatic heterocycles. The Morgan fingerprint density at radius 2 is 1.85 bits per heavy atom. The summed E-state index contributed by atoms with van der Waals surface area (Å²) < 4.78 is 18.2. The highest BCUT2D eigenvalue weighted by molar-refractivity contribution is 5.68. The molecule has 98 valence electrons. The molecule has 0 radical (unpaired) electrons. The SMILES string of the molecule is CNc1ccc(C#Cc2nc3ccc(F)nc3o2)cc1. The van der Waals surface area contributed by atoms with Gasteiger partial charge in [0.05, 0.1) is 0 Å². The zero-order valence-electron chi connectivity index (χ0n) is 10.6. The number of aromatic nitrogens is 2. The van der Waals surface area contributed by atoms with Crippen LogP contribution in [-0.4, -0.2) is 17.0 Å². The molecule has 20 heavy (non-hydrogen) atoms. The number of nitrogens with zero attached hydrogens (tertiary/aromatic N) is 2. The highest BCUT2D eigenvalue weighted by atomic mass is 19.1. The summed E-state index contributed by atoms with van der Waals surface area (Å²) in [7, 11) is 1.85. The molecule has 4 nitrogen and oxygen atoms in total. The lowest BCUT2D eigenvalue weighted by Crippen LogP contribution is -1.86. The maximum Gasteiger partial charge on any atom is 0.276 e. The number of hydrogen-bond acceptors (Lipinski definition) is 4. The number of rotatable bonds is 1. The highest BCUT2D eigenvalue weighted by Crippen LogP contribution is 2.13. The summed E-state index contributed by atoms with van der Waals surface area (Å²) in [6.45, 7) is 0. The molecule has 0 saturated carbocycles. The molecule has 0 aliphatic carbocycles. The van der Waals surface area contributed by atoms with Crippen LogP contribution in [-0.2, 0) is 0 Å². The molecule has 3 rings (SSSR count). The van der Waals surface area contributed by atoms with E-state index in [4.69, 9.17) is 4.42 Å². The molecule has 0 atom stereocenters. The van der Waals surface area contributed by atoms with E-state index < -0.39 is 5.95 Å². The lowest BCUT2D eigenvalue weighted by atomic mass is 10.2.